The first-order chi connectivity index (χ1) is 26.1. The zero-order chi connectivity index (χ0) is 41.3. The Hall–Kier alpha value is -3.77. The van der Waals surface area contributed by atoms with Gasteiger partial charge in [-0.25, -0.2) is 9.59 Å². The van der Waals surface area contributed by atoms with Gasteiger partial charge in [0.1, 0.15) is 17.5 Å². The van der Waals surface area contributed by atoms with Gasteiger partial charge in [0.05, 0.1) is 4.90 Å². The number of benzene rings is 2. The Bertz CT molecular complexity index is 1890. The molecule has 308 valence electrons. The molecule has 5 rings (SSSR count). The molecule has 1 unspecified atom stereocenters. The highest BCUT2D eigenvalue weighted by molar-refractivity contribution is 7.86. The average molecular weight is 795 g/mol. The van der Waals surface area contributed by atoms with Gasteiger partial charge in [-0.1, -0.05) is 70.9 Å². The molecule has 1 spiro atoms. The molecule has 0 heterocycles. The molecule has 3 aliphatic carbocycles. The normalized spacial score (nSPS) is 30.4. The van der Waals surface area contributed by atoms with Crippen molar-refractivity contribution in [3.8, 4) is 0 Å². The molecule has 12 heteroatoms. The van der Waals surface area contributed by atoms with Crippen LogP contribution in [0.4, 0.5) is 4.79 Å². The van der Waals surface area contributed by atoms with Gasteiger partial charge in [0, 0.05) is 35.4 Å². The van der Waals surface area contributed by atoms with Crippen molar-refractivity contribution in [3.05, 3.63) is 65.2 Å². The average Bonchev–Trinajstić information content (AvgIpc) is 3.65. The second kappa shape index (κ2) is 16.2. The van der Waals surface area contributed by atoms with Crippen LogP contribution in [0.3, 0.4) is 0 Å². The number of hydrogen-bond acceptors (Lipinski definition) is 9. The first kappa shape index (κ1) is 43.4. The highest BCUT2D eigenvalue weighted by atomic mass is 32.2. The first-order valence-corrected chi connectivity index (χ1v) is 21.6. The van der Waals surface area contributed by atoms with Crippen LogP contribution in [-0.2, 0) is 39.9 Å². The molecule has 0 aromatic heterocycles. The number of esters is 1. The Kier molecular flexibility index (Phi) is 12.6. The SMILES string of the molecule is CC[C@@]12CCCC13CC[C@@H](C)[C@@]3(C)[C@H](OC(=O)COS(=O)(=O)c1ccc(C)cc1)C[C@](C)(CCNC(=O)c1ccc(CNC(=O)OC(C)(C)C)cc1)C(=O)[C@@H]2C. The molecular formula is C44H62N2O9S. The molecule has 3 fully saturated rings. The number of nitrogens with one attached hydrogen (secondary N) is 2. The van der Waals surface area contributed by atoms with Gasteiger partial charge in [-0.2, -0.15) is 8.42 Å². The Morgan fingerprint density at radius 3 is 2.21 bits per heavy atom. The minimum absolute atomic E-state index is 0.0452. The molecular weight excluding hydrogens is 733 g/mol. The molecule has 2 N–H and O–H groups in total. The van der Waals surface area contributed by atoms with Gasteiger partial charge in [0.15, 0.2) is 6.61 Å². The van der Waals surface area contributed by atoms with Crippen LogP contribution in [0.25, 0.3) is 0 Å². The van der Waals surface area contributed by atoms with Crippen LogP contribution < -0.4 is 10.6 Å². The Balaban J connectivity index is 1.35. The Morgan fingerprint density at radius 2 is 1.59 bits per heavy atom. The van der Waals surface area contributed by atoms with Gasteiger partial charge in [-0.05, 0) is 119 Å². The van der Waals surface area contributed by atoms with E-state index in [0.29, 0.717) is 12.0 Å². The molecule has 2 aromatic rings. The van der Waals surface area contributed by atoms with E-state index in [0.717, 1.165) is 49.7 Å². The topological polar surface area (TPSA) is 154 Å². The molecule has 0 bridgehead atoms. The standard InChI is InChI=1S/C44H62N2O9S/c1-10-43-21-11-22-44(43)23-20-30(3)42(44,9)35(54-36(47)28-53-56(51,52)34-18-12-29(2)13-19-34)26-41(8,37(48)31(43)4)24-25-45-38(49)33-16-14-32(15-17-33)27-46-39(50)55-40(5,6)7/h12-19,30-31,35H,10-11,20-28H2,1-9H3,(H,45,49)(H,46,50)/t30-,31+,35-,41+,42+,43+,44?/m1/s1. The van der Waals surface area contributed by atoms with Crippen LogP contribution in [-0.4, -0.2) is 57.0 Å². The summed E-state index contributed by atoms with van der Waals surface area (Å²) in [6.07, 6.45) is 4.86. The molecule has 0 aliphatic heterocycles. The summed E-state index contributed by atoms with van der Waals surface area (Å²) in [5.41, 5.74) is -0.485. The van der Waals surface area contributed by atoms with Crippen molar-refractivity contribution in [2.75, 3.05) is 13.2 Å². The summed E-state index contributed by atoms with van der Waals surface area (Å²) in [6.45, 7) is 17.6. The lowest BCUT2D eigenvalue weighted by Crippen LogP contribution is -2.62. The number of alkyl carbamates (subject to hydrolysis) is 1. The number of carbonyl (C=O) groups excluding carboxylic acids is 4. The molecule has 0 radical (unpaired) electrons. The van der Waals surface area contributed by atoms with Gasteiger partial charge < -0.3 is 20.1 Å². The van der Waals surface area contributed by atoms with E-state index >= 15 is 0 Å². The van der Waals surface area contributed by atoms with E-state index in [1.54, 1.807) is 57.2 Å². The minimum Gasteiger partial charge on any atom is -0.460 e. The van der Waals surface area contributed by atoms with E-state index in [1.807, 2.05) is 13.8 Å². The van der Waals surface area contributed by atoms with Crippen molar-refractivity contribution in [2.24, 2.45) is 33.5 Å². The summed E-state index contributed by atoms with van der Waals surface area (Å²) in [5.74, 6) is -1.05. The van der Waals surface area contributed by atoms with Crippen molar-refractivity contribution in [1.82, 2.24) is 10.6 Å². The second-order valence-electron chi connectivity index (χ2n) is 18.1. The van der Waals surface area contributed by atoms with Gasteiger partial charge in [-0.3, -0.25) is 13.8 Å². The van der Waals surface area contributed by atoms with Crippen LogP contribution in [0.15, 0.2) is 53.4 Å². The van der Waals surface area contributed by atoms with Gasteiger partial charge >= 0.3 is 12.1 Å². The number of ketones is 1. The van der Waals surface area contributed by atoms with Crippen LogP contribution >= 0.6 is 0 Å². The molecule has 3 saturated carbocycles. The first-order valence-electron chi connectivity index (χ1n) is 20.2. The minimum atomic E-state index is -4.21. The number of Topliss-reactive ketones (excluding diaryl/α,β-unsaturated/α-hetero) is 1. The van der Waals surface area contributed by atoms with Crippen molar-refractivity contribution >= 4 is 33.9 Å². The molecule has 11 nitrogen and oxygen atoms in total. The Morgan fingerprint density at radius 1 is 0.929 bits per heavy atom. The third kappa shape index (κ3) is 8.28. The summed E-state index contributed by atoms with van der Waals surface area (Å²) in [6, 6.07) is 13.1. The lowest BCUT2D eigenvalue weighted by atomic mass is 9.43. The number of aryl methyl sites for hydroxylation is 1. The van der Waals surface area contributed by atoms with E-state index in [9.17, 15) is 27.6 Å². The van der Waals surface area contributed by atoms with E-state index < -0.39 is 51.3 Å². The number of carbonyl (C=O) groups is 4. The lowest BCUT2D eigenvalue weighted by molar-refractivity contribution is -0.199. The molecule has 2 amide bonds. The van der Waals surface area contributed by atoms with E-state index in [2.05, 4.69) is 38.3 Å². The Labute approximate surface area is 333 Å². The van der Waals surface area contributed by atoms with Crippen molar-refractivity contribution in [2.45, 2.75) is 137 Å². The quantitative estimate of drug-likeness (QED) is 0.160. The maximum atomic E-state index is 14.9. The predicted molar refractivity (Wildman–Crippen MR) is 213 cm³/mol. The fourth-order valence-electron chi connectivity index (χ4n) is 10.7. The summed E-state index contributed by atoms with van der Waals surface area (Å²) >= 11 is 0. The second-order valence-corrected chi connectivity index (χ2v) is 19.7. The molecule has 56 heavy (non-hydrogen) atoms. The highest BCUT2D eigenvalue weighted by Gasteiger charge is 2.73. The van der Waals surface area contributed by atoms with E-state index in [4.69, 9.17) is 13.7 Å². The van der Waals surface area contributed by atoms with Crippen LogP contribution in [0.5, 0.6) is 0 Å². The number of rotatable bonds is 12. The third-order valence-corrected chi connectivity index (χ3v) is 15.2. The van der Waals surface area contributed by atoms with Gasteiger partial charge in [0.2, 0.25) is 0 Å². The largest absolute Gasteiger partial charge is 0.460 e. The fraction of sp³-hybridized carbons (Fsp3) is 0.636. The number of hydrogen-bond donors (Lipinski definition) is 2. The third-order valence-electron chi connectivity index (χ3n) is 13.9. The summed E-state index contributed by atoms with van der Waals surface area (Å²) < 4.78 is 43.0. The lowest BCUT2D eigenvalue weighted by Gasteiger charge is -2.61. The fourth-order valence-corrected chi connectivity index (χ4v) is 11.6. The van der Waals surface area contributed by atoms with Crippen LogP contribution in [0.1, 0.15) is 128 Å². The summed E-state index contributed by atoms with van der Waals surface area (Å²) in [4.78, 5) is 54.0. The van der Waals surface area contributed by atoms with Crippen molar-refractivity contribution in [3.63, 3.8) is 0 Å². The predicted octanol–water partition coefficient (Wildman–Crippen LogP) is 8.08. The molecule has 3 aliphatic rings. The molecule has 7 atom stereocenters. The van der Waals surface area contributed by atoms with Crippen LogP contribution in [0.2, 0.25) is 0 Å². The van der Waals surface area contributed by atoms with Crippen LogP contribution in [0, 0.1) is 40.4 Å². The van der Waals surface area contributed by atoms with Crippen molar-refractivity contribution < 1.29 is 41.3 Å². The number of amides is 2. The maximum absolute atomic E-state index is 14.9. The molecule has 0 saturated heterocycles. The summed E-state index contributed by atoms with van der Waals surface area (Å²) in [5, 5.41) is 5.72. The van der Waals surface area contributed by atoms with Crippen molar-refractivity contribution in [1.29, 1.82) is 0 Å². The zero-order valence-corrected chi connectivity index (χ0v) is 35.5. The van der Waals surface area contributed by atoms with E-state index in [1.165, 1.54) is 12.1 Å². The highest BCUT2D eigenvalue weighted by Crippen LogP contribution is 2.76. The smallest absolute Gasteiger partial charge is 0.407 e. The molecule has 2 aromatic carbocycles. The maximum Gasteiger partial charge on any atom is 0.407 e. The van der Waals surface area contributed by atoms with Gasteiger partial charge in [-0.15, -0.1) is 0 Å². The zero-order valence-electron chi connectivity index (χ0n) is 34.7. The number of ether oxygens (including phenoxy) is 2. The summed E-state index contributed by atoms with van der Waals surface area (Å²) in [7, 11) is -4.21. The van der Waals surface area contributed by atoms with Gasteiger partial charge in [0.25, 0.3) is 16.0 Å². The van der Waals surface area contributed by atoms with E-state index in [-0.39, 0.29) is 58.8 Å². The monoisotopic (exact) mass is 794 g/mol.